The molecule has 11 heteroatoms. The van der Waals surface area contributed by atoms with Gasteiger partial charge in [0.25, 0.3) is 11.5 Å². The van der Waals surface area contributed by atoms with Gasteiger partial charge < -0.3 is 19.2 Å². The van der Waals surface area contributed by atoms with Crippen molar-refractivity contribution >= 4 is 16.9 Å². The lowest BCUT2D eigenvalue weighted by Crippen LogP contribution is -2.49. The van der Waals surface area contributed by atoms with Crippen molar-refractivity contribution in [2.45, 2.75) is 69.9 Å². The molecule has 0 unspecified atom stereocenters. The predicted molar refractivity (Wildman–Crippen MR) is 149 cm³/mol. The summed E-state index contributed by atoms with van der Waals surface area (Å²) in [4.78, 5) is 36.6. The highest BCUT2D eigenvalue weighted by atomic mass is 16.5. The Balaban J connectivity index is 1.01. The van der Waals surface area contributed by atoms with Crippen LogP contribution in [0.3, 0.4) is 0 Å². The highest BCUT2D eigenvalue weighted by Gasteiger charge is 2.37. The van der Waals surface area contributed by atoms with Crippen LogP contribution in [-0.4, -0.2) is 65.5 Å². The minimum atomic E-state index is -1.14. The summed E-state index contributed by atoms with van der Waals surface area (Å²) >= 11 is 0. The molecule has 2 aliphatic carbocycles. The fourth-order valence-electron chi connectivity index (χ4n) is 5.78. The lowest BCUT2D eigenvalue weighted by molar-refractivity contribution is -0.0304. The summed E-state index contributed by atoms with van der Waals surface area (Å²) in [5, 5.41) is 16.1. The van der Waals surface area contributed by atoms with E-state index >= 15 is 0 Å². The summed E-state index contributed by atoms with van der Waals surface area (Å²) in [5.41, 5.74) is 0.0972. The van der Waals surface area contributed by atoms with E-state index in [0.717, 1.165) is 24.3 Å². The van der Waals surface area contributed by atoms with E-state index in [9.17, 15) is 14.7 Å². The van der Waals surface area contributed by atoms with Gasteiger partial charge in [-0.15, -0.1) is 0 Å². The van der Waals surface area contributed by atoms with Gasteiger partial charge in [0.1, 0.15) is 17.5 Å². The van der Waals surface area contributed by atoms with Crippen LogP contribution in [-0.2, 0) is 6.54 Å². The summed E-state index contributed by atoms with van der Waals surface area (Å²) in [6.45, 7) is 3.76. The number of likely N-dealkylation sites (tertiary alicyclic amines) is 1. The first kappa shape index (κ1) is 25.9. The second-order valence-corrected chi connectivity index (χ2v) is 12.3. The van der Waals surface area contributed by atoms with Crippen molar-refractivity contribution in [1.82, 2.24) is 29.2 Å². The number of oxazole rings is 1. The summed E-state index contributed by atoms with van der Waals surface area (Å²) in [6.07, 6.45) is 10.9. The fraction of sp³-hybridized carbons (Fsp3) is 0.500. The Bertz CT molecular complexity index is 1640. The number of hydrogen-bond donors (Lipinski definition) is 1. The number of aromatic nitrogens is 5. The summed E-state index contributed by atoms with van der Waals surface area (Å²) in [7, 11) is 0. The van der Waals surface area contributed by atoms with E-state index < -0.39 is 5.60 Å². The van der Waals surface area contributed by atoms with E-state index in [4.69, 9.17) is 9.15 Å². The number of piperidine rings is 1. The van der Waals surface area contributed by atoms with Crippen LogP contribution in [0.25, 0.3) is 16.7 Å². The van der Waals surface area contributed by atoms with Crippen molar-refractivity contribution in [3.05, 3.63) is 65.0 Å². The second-order valence-electron chi connectivity index (χ2n) is 12.3. The molecule has 3 fully saturated rings. The van der Waals surface area contributed by atoms with Crippen LogP contribution in [0.2, 0.25) is 0 Å². The number of carbonyl (C=O) groups excluding carboxylic acids is 1. The van der Waals surface area contributed by atoms with Gasteiger partial charge in [-0.3, -0.25) is 14.2 Å². The number of nitrogens with zero attached hydrogens (tertiary/aromatic N) is 6. The quantitative estimate of drug-likeness (QED) is 0.347. The smallest absolute Gasteiger partial charge is 0.291 e. The van der Waals surface area contributed by atoms with Crippen molar-refractivity contribution in [1.29, 1.82) is 0 Å². The van der Waals surface area contributed by atoms with E-state index in [1.807, 2.05) is 24.3 Å². The maximum absolute atomic E-state index is 13.3. The van der Waals surface area contributed by atoms with E-state index in [-0.39, 0.29) is 29.2 Å². The number of aliphatic hydroxyl groups is 1. The third-order valence-corrected chi connectivity index (χ3v) is 8.89. The Morgan fingerprint density at radius 1 is 1.10 bits per heavy atom. The average molecular weight is 559 g/mol. The minimum Gasteiger partial charge on any atom is -0.493 e. The normalized spacial score (nSPS) is 19.7. The number of hydrogen-bond acceptors (Lipinski definition) is 8. The molecule has 2 saturated carbocycles. The molecular weight excluding hydrogens is 524 g/mol. The van der Waals surface area contributed by atoms with Gasteiger partial charge in [-0.05, 0) is 62.8 Å². The molecule has 1 aromatic carbocycles. The number of rotatable bonds is 8. The van der Waals surface area contributed by atoms with Gasteiger partial charge in [0, 0.05) is 24.4 Å². The van der Waals surface area contributed by atoms with Crippen LogP contribution >= 0.6 is 0 Å². The number of ether oxygens (including phenoxy) is 1. The molecule has 214 valence electrons. The average Bonchev–Trinajstić information content (AvgIpc) is 3.53. The van der Waals surface area contributed by atoms with Crippen molar-refractivity contribution in [3.8, 4) is 11.4 Å². The topological polar surface area (TPSA) is 129 Å². The number of amides is 1. The first-order valence-electron chi connectivity index (χ1n) is 14.4. The zero-order valence-electron chi connectivity index (χ0n) is 23.2. The van der Waals surface area contributed by atoms with Gasteiger partial charge in [-0.1, -0.05) is 13.3 Å². The zero-order chi connectivity index (χ0) is 28.2. The Kier molecular flexibility index (Phi) is 6.22. The van der Waals surface area contributed by atoms with E-state index in [2.05, 4.69) is 22.0 Å². The van der Waals surface area contributed by atoms with Crippen molar-refractivity contribution < 1.29 is 19.1 Å². The molecule has 1 N–H and O–H groups in total. The summed E-state index contributed by atoms with van der Waals surface area (Å²) in [5.74, 6) is 1.80. The van der Waals surface area contributed by atoms with Crippen LogP contribution in [0.1, 0.15) is 74.2 Å². The number of carbonyl (C=O) groups is 1. The van der Waals surface area contributed by atoms with Gasteiger partial charge >= 0.3 is 0 Å². The molecule has 3 aromatic heterocycles. The third kappa shape index (κ3) is 5.03. The molecule has 3 aliphatic rings. The van der Waals surface area contributed by atoms with Gasteiger partial charge in [0.05, 0.1) is 36.8 Å². The third-order valence-electron chi connectivity index (χ3n) is 8.89. The van der Waals surface area contributed by atoms with Gasteiger partial charge in [-0.25, -0.2) is 14.6 Å². The number of benzene rings is 1. The second kappa shape index (κ2) is 9.83. The SMILES string of the molecule is CC1(COc2ccc(-n3ncc4c(=O)n(CC5(O)CCN(C(=O)c6cnc(C7CC7)o6)CC5)cnc43)cc2)CCC1. The Labute approximate surface area is 236 Å². The first-order chi connectivity index (χ1) is 19.8. The van der Waals surface area contributed by atoms with Crippen molar-refractivity contribution in [2.24, 2.45) is 5.41 Å². The highest BCUT2D eigenvalue weighted by Crippen LogP contribution is 2.41. The van der Waals surface area contributed by atoms with Crippen LogP contribution in [0.5, 0.6) is 5.75 Å². The van der Waals surface area contributed by atoms with Gasteiger partial charge in [0.2, 0.25) is 5.76 Å². The molecule has 11 nitrogen and oxygen atoms in total. The van der Waals surface area contributed by atoms with Crippen LogP contribution in [0.4, 0.5) is 0 Å². The molecule has 0 atom stereocenters. The van der Waals surface area contributed by atoms with Crippen LogP contribution in [0.15, 0.2) is 52.2 Å². The highest BCUT2D eigenvalue weighted by molar-refractivity contribution is 5.91. The lowest BCUT2D eigenvalue weighted by Gasteiger charge is -2.38. The minimum absolute atomic E-state index is 0.0844. The molecule has 0 radical (unpaired) electrons. The predicted octanol–water partition coefficient (Wildman–Crippen LogP) is 3.68. The monoisotopic (exact) mass is 558 g/mol. The van der Waals surface area contributed by atoms with E-state index in [1.54, 1.807) is 9.58 Å². The lowest BCUT2D eigenvalue weighted by atomic mass is 9.71. The maximum Gasteiger partial charge on any atom is 0.291 e. The molecule has 1 aliphatic heterocycles. The van der Waals surface area contributed by atoms with Crippen molar-refractivity contribution in [3.63, 3.8) is 0 Å². The Morgan fingerprint density at radius 3 is 2.54 bits per heavy atom. The first-order valence-corrected chi connectivity index (χ1v) is 14.4. The van der Waals surface area contributed by atoms with Crippen molar-refractivity contribution in [2.75, 3.05) is 19.7 Å². The fourth-order valence-corrected chi connectivity index (χ4v) is 5.78. The summed E-state index contributed by atoms with van der Waals surface area (Å²) in [6, 6.07) is 7.63. The van der Waals surface area contributed by atoms with E-state index in [0.29, 0.717) is 55.4 Å². The summed E-state index contributed by atoms with van der Waals surface area (Å²) < 4.78 is 14.7. The Morgan fingerprint density at radius 2 is 1.85 bits per heavy atom. The van der Waals surface area contributed by atoms with Gasteiger partial charge in [0.15, 0.2) is 11.5 Å². The van der Waals surface area contributed by atoms with Crippen LogP contribution < -0.4 is 10.3 Å². The maximum atomic E-state index is 13.3. The number of fused-ring (bicyclic) bond motifs is 1. The molecule has 0 spiro atoms. The molecule has 1 saturated heterocycles. The van der Waals surface area contributed by atoms with E-state index in [1.165, 1.54) is 42.6 Å². The molecule has 1 amide bonds. The largest absolute Gasteiger partial charge is 0.493 e. The van der Waals surface area contributed by atoms with Crippen LogP contribution in [0, 0.1) is 5.41 Å². The molecule has 4 heterocycles. The Hall–Kier alpha value is -3.99. The molecule has 7 rings (SSSR count). The standard InChI is InChI=1S/C30H34N6O5/c1-29(9-2-10-29)18-40-22-7-5-21(6-8-22)36-25-23(15-33-36)27(37)35(19-32-25)17-30(39)11-13-34(14-12-30)28(38)24-16-31-26(41-24)20-3-4-20/h5-8,15-16,19-20,39H,2-4,9-14,17-18H2,1H3. The zero-order valence-corrected chi connectivity index (χ0v) is 23.2. The molecule has 0 bridgehead atoms. The molecule has 41 heavy (non-hydrogen) atoms. The molecular formula is C30H34N6O5. The van der Waals surface area contributed by atoms with Gasteiger partial charge in [-0.2, -0.15) is 5.10 Å². The molecule has 4 aromatic rings.